The number of hydrogen-bond acceptors (Lipinski definition) is 4. The standard InChI is InChI=1S/C20H35N3O3S/c24-27(25)13-6-17(15-27)14-21-19(22-18-4-11-26-12-5-18)23-10-9-20(16-23)7-2-1-3-8-20/h17-18H,1-16H2,(H,21,22). The minimum absolute atomic E-state index is 0.188. The molecule has 3 aliphatic heterocycles. The van der Waals surface area contributed by atoms with Gasteiger partial charge in [-0.15, -0.1) is 0 Å². The molecule has 1 aliphatic carbocycles. The highest BCUT2D eigenvalue weighted by Gasteiger charge is 2.40. The van der Waals surface area contributed by atoms with Crippen molar-refractivity contribution in [1.82, 2.24) is 10.2 Å². The van der Waals surface area contributed by atoms with Crippen LogP contribution in [0.2, 0.25) is 0 Å². The lowest BCUT2D eigenvalue weighted by Gasteiger charge is -2.34. The lowest BCUT2D eigenvalue weighted by molar-refractivity contribution is 0.0815. The molecule has 0 amide bonds. The maximum Gasteiger partial charge on any atom is 0.194 e. The molecule has 4 fully saturated rings. The molecule has 0 aromatic carbocycles. The molecule has 1 N–H and O–H groups in total. The second-order valence-corrected chi connectivity index (χ2v) is 11.4. The van der Waals surface area contributed by atoms with Crippen molar-refractivity contribution in [1.29, 1.82) is 0 Å². The Morgan fingerprint density at radius 3 is 2.59 bits per heavy atom. The number of rotatable bonds is 3. The van der Waals surface area contributed by atoms with Crippen molar-refractivity contribution in [2.24, 2.45) is 16.3 Å². The largest absolute Gasteiger partial charge is 0.381 e. The highest BCUT2D eigenvalue weighted by molar-refractivity contribution is 7.91. The molecule has 0 radical (unpaired) electrons. The Kier molecular flexibility index (Phi) is 5.97. The fourth-order valence-corrected chi connectivity index (χ4v) is 7.17. The molecule has 3 saturated heterocycles. The average molecular weight is 398 g/mol. The molecule has 4 aliphatic rings. The van der Waals surface area contributed by atoms with Crippen LogP contribution in [0, 0.1) is 11.3 Å². The van der Waals surface area contributed by atoms with E-state index in [0.29, 0.717) is 29.5 Å². The van der Waals surface area contributed by atoms with Gasteiger partial charge in [0.2, 0.25) is 0 Å². The summed E-state index contributed by atoms with van der Waals surface area (Å²) in [6.45, 7) is 4.46. The topological polar surface area (TPSA) is 71.0 Å². The van der Waals surface area contributed by atoms with Gasteiger partial charge >= 0.3 is 0 Å². The maximum atomic E-state index is 11.8. The van der Waals surface area contributed by atoms with Gasteiger partial charge in [0.05, 0.1) is 11.5 Å². The van der Waals surface area contributed by atoms with Crippen LogP contribution in [0.15, 0.2) is 4.99 Å². The Morgan fingerprint density at radius 1 is 1.11 bits per heavy atom. The van der Waals surface area contributed by atoms with Gasteiger partial charge in [0.1, 0.15) is 0 Å². The summed E-state index contributed by atoms with van der Waals surface area (Å²) in [5.74, 6) is 1.86. The highest BCUT2D eigenvalue weighted by Crippen LogP contribution is 2.43. The van der Waals surface area contributed by atoms with E-state index in [1.54, 1.807) is 0 Å². The summed E-state index contributed by atoms with van der Waals surface area (Å²) in [6.07, 6.45) is 10.9. The molecule has 1 unspecified atom stereocenters. The number of nitrogens with zero attached hydrogens (tertiary/aromatic N) is 2. The van der Waals surface area contributed by atoms with Gasteiger partial charge in [-0.1, -0.05) is 19.3 Å². The lowest BCUT2D eigenvalue weighted by atomic mass is 9.73. The molecule has 0 aromatic rings. The smallest absolute Gasteiger partial charge is 0.194 e. The fourth-order valence-electron chi connectivity index (χ4n) is 5.32. The van der Waals surface area contributed by atoms with Crippen molar-refractivity contribution < 1.29 is 13.2 Å². The van der Waals surface area contributed by atoms with E-state index in [1.807, 2.05) is 0 Å². The van der Waals surface area contributed by atoms with Gasteiger partial charge < -0.3 is 15.0 Å². The first-order valence-corrected chi connectivity index (χ1v) is 12.7. The van der Waals surface area contributed by atoms with Crippen LogP contribution >= 0.6 is 0 Å². The van der Waals surface area contributed by atoms with Crippen LogP contribution in [-0.2, 0) is 14.6 Å². The lowest BCUT2D eigenvalue weighted by Crippen LogP contribution is -2.48. The monoisotopic (exact) mass is 397 g/mol. The van der Waals surface area contributed by atoms with Crippen molar-refractivity contribution in [3.8, 4) is 0 Å². The van der Waals surface area contributed by atoms with Gasteiger partial charge in [-0.05, 0) is 49.9 Å². The van der Waals surface area contributed by atoms with Crippen LogP contribution in [0.1, 0.15) is 57.8 Å². The first-order chi connectivity index (χ1) is 13.0. The molecule has 154 valence electrons. The molecule has 6 nitrogen and oxygen atoms in total. The molecule has 0 aromatic heterocycles. The molecular formula is C20H35N3O3S. The Hall–Kier alpha value is -0.820. The number of ether oxygens (including phenoxy) is 1. The van der Waals surface area contributed by atoms with Gasteiger partial charge in [0, 0.05) is 38.9 Å². The molecule has 1 saturated carbocycles. The van der Waals surface area contributed by atoms with Crippen molar-refractivity contribution >= 4 is 15.8 Å². The minimum Gasteiger partial charge on any atom is -0.381 e. The summed E-state index contributed by atoms with van der Waals surface area (Å²) in [5, 5.41) is 3.71. The van der Waals surface area contributed by atoms with E-state index in [-0.39, 0.29) is 5.92 Å². The van der Waals surface area contributed by atoms with Crippen LogP contribution in [0.5, 0.6) is 0 Å². The third kappa shape index (κ3) is 4.97. The fraction of sp³-hybridized carbons (Fsp3) is 0.950. The average Bonchev–Trinajstić information content (AvgIpc) is 3.23. The predicted octanol–water partition coefficient (Wildman–Crippen LogP) is 2.20. The zero-order valence-corrected chi connectivity index (χ0v) is 17.3. The first-order valence-electron chi connectivity index (χ1n) is 10.9. The summed E-state index contributed by atoms with van der Waals surface area (Å²) in [5.41, 5.74) is 0.493. The van der Waals surface area contributed by atoms with Crippen molar-refractivity contribution in [2.75, 3.05) is 44.4 Å². The van der Waals surface area contributed by atoms with Crippen molar-refractivity contribution in [3.05, 3.63) is 0 Å². The van der Waals surface area contributed by atoms with E-state index >= 15 is 0 Å². The second-order valence-electron chi connectivity index (χ2n) is 9.20. The van der Waals surface area contributed by atoms with Crippen LogP contribution in [0.3, 0.4) is 0 Å². The van der Waals surface area contributed by atoms with E-state index in [4.69, 9.17) is 9.73 Å². The van der Waals surface area contributed by atoms with Crippen LogP contribution in [-0.4, -0.2) is 69.7 Å². The molecule has 3 heterocycles. The molecule has 7 heteroatoms. The molecular weight excluding hydrogens is 362 g/mol. The van der Waals surface area contributed by atoms with Gasteiger partial charge in [-0.25, -0.2) is 8.42 Å². The summed E-state index contributed by atoms with van der Waals surface area (Å²) in [6, 6.07) is 0.424. The molecule has 1 spiro atoms. The summed E-state index contributed by atoms with van der Waals surface area (Å²) in [7, 11) is -2.83. The van der Waals surface area contributed by atoms with Gasteiger partial charge in [0.25, 0.3) is 0 Å². The number of sulfone groups is 1. The Balaban J connectivity index is 1.43. The van der Waals surface area contributed by atoms with E-state index < -0.39 is 9.84 Å². The van der Waals surface area contributed by atoms with E-state index in [9.17, 15) is 8.42 Å². The van der Waals surface area contributed by atoms with Crippen LogP contribution in [0.4, 0.5) is 0 Å². The zero-order chi connectivity index (χ0) is 18.7. The molecule has 4 rings (SSSR count). The zero-order valence-electron chi connectivity index (χ0n) is 16.5. The molecule has 0 bridgehead atoms. The van der Waals surface area contributed by atoms with Crippen molar-refractivity contribution in [2.45, 2.75) is 63.8 Å². The van der Waals surface area contributed by atoms with E-state index in [0.717, 1.165) is 51.5 Å². The third-order valence-corrected chi connectivity index (χ3v) is 8.87. The molecule has 1 atom stereocenters. The predicted molar refractivity (Wildman–Crippen MR) is 108 cm³/mol. The minimum atomic E-state index is -2.83. The number of hydrogen-bond donors (Lipinski definition) is 1. The Morgan fingerprint density at radius 2 is 1.89 bits per heavy atom. The Bertz CT molecular complexity index is 637. The summed E-state index contributed by atoms with van der Waals surface area (Å²) >= 11 is 0. The quantitative estimate of drug-likeness (QED) is 0.584. The first kappa shape index (κ1) is 19.5. The summed E-state index contributed by atoms with van der Waals surface area (Å²) < 4.78 is 29.0. The maximum absolute atomic E-state index is 11.8. The van der Waals surface area contributed by atoms with Gasteiger partial charge in [0.15, 0.2) is 15.8 Å². The van der Waals surface area contributed by atoms with Gasteiger partial charge in [-0.2, -0.15) is 0 Å². The second kappa shape index (κ2) is 8.27. The van der Waals surface area contributed by atoms with E-state index in [2.05, 4.69) is 10.2 Å². The Labute approximate surface area is 164 Å². The van der Waals surface area contributed by atoms with Crippen LogP contribution in [0.25, 0.3) is 0 Å². The normalized spacial score (nSPS) is 31.5. The number of nitrogens with one attached hydrogen (secondary N) is 1. The van der Waals surface area contributed by atoms with Crippen LogP contribution < -0.4 is 5.32 Å². The number of guanidine groups is 1. The molecule has 27 heavy (non-hydrogen) atoms. The summed E-state index contributed by atoms with van der Waals surface area (Å²) in [4.78, 5) is 7.41. The van der Waals surface area contributed by atoms with Gasteiger partial charge in [-0.3, -0.25) is 4.99 Å². The number of aliphatic imine (C=N–C) groups is 1. The SMILES string of the molecule is O=S1(=O)CCC(CN=C(NC2CCOCC2)N2CCC3(CCCCC3)C2)C1. The van der Waals surface area contributed by atoms with Crippen molar-refractivity contribution in [3.63, 3.8) is 0 Å². The number of likely N-dealkylation sites (tertiary alicyclic amines) is 1. The third-order valence-electron chi connectivity index (χ3n) is 7.03. The highest BCUT2D eigenvalue weighted by atomic mass is 32.2. The van der Waals surface area contributed by atoms with E-state index in [1.165, 1.54) is 38.5 Å².